The molecular weight excluding hydrogens is 560 g/mol. The van der Waals surface area contributed by atoms with Crippen LogP contribution in [0.5, 0.6) is 5.75 Å². The summed E-state index contributed by atoms with van der Waals surface area (Å²) >= 11 is 0. The van der Waals surface area contributed by atoms with Crippen LogP contribution in [0, 0.1) is 0 Å². The molecule has 0 aliphatic rings. The van der Waals surface area contributed by atoms with E-state index in [0.29, 0.717) is 28.4 Å². The van der Waals surface area contributed by atoms with Crippen molar-refractivity contribution in [1.29, 1.82) is 0 Å². The summed E-state index contributed by atoms with van der Waals surface area (Å²) in [5.74, 6) is -1.39. The SMILES string of the molecule is Nc1ccc(CC(NC(=O)COCCOC(=O)c2ccc(N)cc2)C(=O)OCCOCC(O)Oc2ccc(N)cc2)cc1. The summed E-state index contributed by atoms with van der Waals surface area (Å²) in [7, 11) is 0. The van der Waals surface area contributed by atoms with E-state index in [1.165, 1.54) is 0 Å². The molecule has 0 aromatic heterocycles. The molecule has 0 aliphatic heterocycles. The van der Waals surface area contributed by atoms with Gasteiger partial charge in [0.05, 0.1) is 18.8 Å². The van der Waals surface area contributed by atoms with Gasteiger partial charge in [0.15, 0.2) is 0 Å². The number of nitrogens with one attached hydrogen (secondary N) is 1. The Balaban J connectivity index is 1.39. The van der Waals surface area contributed by atoms with E-state index in [1.807, 2.05) is 0 Å². The lowest BCUT2D eigenvalue weighted by Crippen LogP contribution is -2.45. The topological polar surface area (TPSA) is 208 Å². The van der Waals surface area contributed by atoms with E-state index in [0.717, 1.165) is 5.56 Å². The fraction of sp³-hybridized carbons (Fsp3) is 0.300. The molecule has 3 aromatic carbocycles. The Morgan fingerprint density at radius 3 is 1.93 bits per heavy atom. The van der Waals surface area contributed by atoms with Crippen molar-refractivity contribution in [2.24, 2.45) is 0 Å². The van der Waals surface area contributed by atoms with Crippen molar-refractivity contribution in [3.8, 4) is 5.75 Å². The molecule has 0 spiro atoms. The van der Waals surface area contributed by atoms with Crippen molar-refractivity contribution in [2.45, 2.75) is 18.8 Å². The van der Waals surface area contributed by atoms with Crippen molar-refractivity contribution in [2.75, 3.05) is 56.8 Å². The number of aliphatic hydroxyl groups is 1. The Kier molecular flexibility index (Phi) is 13.1. The molecule has 0 bridgehead atoms. The minimum atomic E-state index is -1.24. The first-order valence-corrected chi connectivity index (χ1v) is 13.4. The van der Waals surface area contributed by atoms with Crippen LogP contribution in [-0.2, 0) is 35.0 Å². The first-order valence-electron chi connectivity index (χ1n) is 13.4. The van der Waals surface area contributed by atoms with Gasteiger partial charge in [-0.1, -0.05) is 12.1 Å². The molecule has 3 aromatic rings. The van der Waals surface area contributed by atoms with Crippen LogP contribution in [0.3, 0.4) is 0 Å². The molecule has 0 saturated heterocycles. The monoisotopic (exact) mass is 596 g/mol. The Bertz CT molecular complexity index is 1300. The van der Waals surface area contributed by atoms with Gasteiger partial charge in [0.2, 0.25) is 12.2 Å². The van der Waals surface area contributed by atoms with Crippen LogP contribution >= 0.6 is 0 Å². The van der Waals surface area contributed by atoms with Crippen LogP contribution in [0.25, 0.3) is 0 Å². The van der Waals surface area contributed by atoms with Gasteiger partial charge >= 0.3 is 11.9 Å². The number of hydrogen-bond acceptors (Lipinski definition) is 12. The predicted molar refractivity (Wildman–Crippen MR) is 158 cm³/mol. The molecule has 230 valence electrons. The zero-order chi connectivity index (χ0) is 31.0. The third-order valence-electron chi connectivity index (χ3n) is 5.76. The number of benzene rings is 3. The van der Waals surface area contributed by atoms with Crippen LogP contribution < -0.4 is 27.3 Å². The van der Waals surface area contributed by atoms with Crippen LogP contribution in [0.1, 0.15) is 15.9 Å². The average Bonchev–Trinajstić information content (AvgIpc) is 2.99. The highest BCUT2D eigenvalue weighted by Gasteiger charge is 2.23. The summed E-state index contributed by atoms with van der Waals surface area (Å²) in [6, 6.07) is 18.5. The number of amides is 1. The lowest BCUT2D eigenvalue weighted by Gasteiger charge is -2.18. The van der Waals surface area contributed by atoms with Gasteiger partial charge in [-0.05, 0) is 66.2 Å². The molecule has 2 atom stereocenters. The maximum atomic E-state index is 12.8. The van der Waals surface area contributed by atoms with Crippen molar-refractivity contribution in [3.63, 3.8) is 0 Å². The molecule has 0 fully saturated rings. The fourth-order valence-electron chi connectivity index (χ4n) is 3.60. The normalized spacial score (nSPS) is 12.1. The van der Waals surface area contributed by atoms with E-state index in [2.05, 4.69) is 5.32 Å². The highest BCUT2D eigenvalue weighted by atomic mass is 16.6. The van der Waals surface area contributed by atoms with Crippen molar-refractivity contribution >= 4 is 34.9 Å². The molecule has 0 radical (unpaired) electrons. The third kappa shape index (κ3) is 12.3. The Morgan fingerprint density at radius 2 is 1.28 bits per heavy atom. The van der Waals surface area contributed by atoms with Crippen molar-refractivity contribution in [3.05, 3.63) is 83.9 Å². The van der Waals surface area contributed by atoms with Gasteiger partial charge in [0.25, 0.3) is 0 Å². The largest absolute Gasteiger partial charge is 0.463 e. The number of esters is 2. The zero-order valence-electron chi connectivity index (χ0n) is 23.5. The van der Waals surface area contributed by atoms with Gasteiger partial charge in [0.1, 0.15) is 38.2 Å². The lowest BCUT2D eigenvalue weighted by atomic mass is 10.1. The molecule has 0 aliphatic carbocycles. The zero-order valence-corrected chi connectivity index (χ0v) is 23.5. The molecule has 43 heavy (non-hydrogen) atoms. The Morgan fingerprint density at radius 1 is 0.721 bits per heavy atom. The average molecular weight is 597 g/mol. The van der Waals surface area contributed by atoms with E-state index in [1.54, 1.807) is 72.8 Å². The number of nitrogens with two attached hydrogens (primary N) is 3. The van der Waals surface area contributed by atoms with Gasteiger partial charge in [-0.15, -0.1) is 0 Å². The second-order valence-corrected chi connectivity index (χ2v) is 9.26. The summed E-state index contributed by atoms with van der Waals surface area (Å²) in [6.07, 6.45) is -1.10. The predicted octanol–water partition coefficient (Wildman–Crippen LogP) is 1.29. The highest BCUT2D eigenvalue weighted by molar-refractivity contribution is 5.89. The number of ether oxygens (including phenoxy) is 5. The quantitative estimate of drug-likeness (QED) is 0.0646. The molecule has 13 heteroatoms. The van der Waals surface area contributed by atoms with Gasteiger partial charge in [-0.2, -0.15) is 0 Å². The van der Waals surface area contributed by atoms with E-state index < -0.39 is 30.2 Å². The molecule has 2 unspecified atom stereocenters. The minimum Gasteiger partial charge on any atom is -0.463 e. The molecule has 13 nitrogen and oxygen atoms in total. The number of anilines is 3. The fourth-order valence-corrected chi connectivity index (χ4v) is 3.60. The second-order valence-electron chi connectivity index (χ2n) is 9.26. The number of rotatable bonds is 17. The summed E-state index contributed by atoms with van der Waals surface area (Å²) in [5.41, 5.74) is 19.7. The van der Waals surface area contributed by atoms with Gasteiger partial charge < -0.3 is 51.3 Å². The maximum absolute atomic E-state index is 12.8. The van der Waals surface area contributed by atoms with Crippen LogP contribution in [-0.4, -0.2) is 74.9 Å². The summed E-state index contributed by atoms with van der Waals surface area (Å²) < 4.78 is 26.3. The lowest BCUT2D eigenvalue weighted by molar-refractivity contribution is -0.150. The van der Waals surface area contributed by atoms with E-state index >= 15 is 0 Å². The van der Waals surface area contributed by atoms with E-state index in [9.17, 15) is 19.5 Å². The van der Waals surface area contributed by atoms with Crippen LogP contribution in [0.2, 0.25) is 0 Å². The Hall–Kier alpha value is -4.85. The number of carbonyl (C=O) groups is 3. The summed E-state index contributed by atoms with van der Waals surface area (Å²) in [5, 5.41) is 12.6. The minimum absolute atomic E-state index is 0.0192. The smallest absolute Gasteiger partial charge is 0.338 e. The standard InChI is InChI=1S/C30H36N4O9/c31-22-5-1-20(2-6-22)17-26(30(38)42-16-14-40-19-28(36)43-25-11-9-24(33)10-12-25)34-27(35)18-39-13-15-41-29(37)21-3-7-23(32)8-4-21/h1-12,26,28,36H,13-19,31-33H2,(H,34,35). The number of carbonyl (C=O) groups excluding carboxylic acids is 3. The number of hydrogen-bond donors (Lipinski definition) is 5. The van der Waals surface area contributed by atoms with Crippen LogP contribution in [0.4, 0.5) is 17.1 Å². The molecule has 1 amide bonds. The van der Waals surface area contributed by atoms with Gasteiger partial charge in [0, 0.05) is 23.5 Å². The molecule has 3 rings (SSSR count). The summed E-state index contributed by atoms with van der Waals surface area (Å²) in [6.45, 7) is -0.800. The second kappa shape index (κ2) is 17.2. The Labute approximate surface area is 248 Å². The first kappa shape index (κ1) is 32.7. The van der Waals surface area contributed by atoms with Gasteiger partial charge in [-0.25, -0.2) is 9.59 Å². The van der Waals surface area contributed by atoms with Crippen molar-refractivity contribution < 1.29 is 43.2 Å². The highest BCUT2D eigenvalue weighted by Crippen LogP contribution is 2.14. The van der Waals surface area contributed by atoms with E-state index in [4.69, 9.17) is 40.9 Å². The summed E-state index contributed by atoms with van der Waals surface area (Å²) in [4.78, 5) is 37.4. The molecule has 0 saturated carbocycles. The van der Waals surface area contributed by atoms with E-state index in [-0.39, 0.29) is 46.1 Å². The van der Waals surface area contributed by atoms with Crippen LogP contribution in [0.15, 0.2) is 72.8 Å². The maximum Gasteiger partial charge on any atom is 0.338 e. The number of aliphatic hydroxyl groups excluding tert-OH is 1. The first-order chi connectivity index (χ1) is 20.7. The third-order valence-corrected chi connectivity index (χ3v) is 5.76. The van der Waals surface area contributed by atoms with Crippen molar-refractivity contribution in [1.82, 2.24) is 5.32 Å². The molecule has 8 N–H and O–H groups in total. The van der Waals surface area contributed by atoms with Gasteiger partial charge in [-0.3, -0.25) is 4.79 Å². The number of nitrogen functional groups attached to an aromatic ring is 3. The molecule has 0 heterocycles. The molecular formula is C30H36N4O9.